The van der Waals surface area contributed by atoms with Gasteiger partial charge < -0.3 is 5.32 Å². The molecule has 1 N–H and O–H groups in total. The lowest BCUT2D eigenvalue weighted by molar-refractivity contribution is -0.385. The largest absolute Gasteiger partial charge is 0.385 e. The lowest BCUT2D eigenvalue weighted by atomic mass is 10.1. The molecule has 0 spiro atoms. The summed E-state index contributed by atoms with van der Waals surface area (Å²) in [5.41, 5.74) is 1.13. The Hall–Kier alpha value is -0.850. The predicted octanol–water partition coefficient (Wildman–Crippen LogP) is 4.97. The van der Waals surface area contributed by atoms with Crippen LogP contribution in [0.15, 0.2) is 18.2 Å². The van der Waals surface area contributed by atoms with Gasteiger partial charge in [-0.3, -0.25) is 10.1 Å². The van der Waals surface area contributed by atoms with Crippen LogP contribution in [0.2, 0.25) is 0 Å². The van der Waals surface area contributed by atoms with Gasteiger partial charge in [0.25, 0.3) is 5.69 Å². The quantitative estimate of drug-likeness (QED) is 0.287. The molecule has 0 unspecified atom stereocenters. The number of nitrogens with one attached hydrogen (secondary N) is 1. The predicted molar refractivity (Wildman–Crippen MR) is 87.7 cm³/mol. The maximum Gasteiger partial charge on any atom is 0.282 e. The first kappa shape index (κ1) is 16.2. The van der Waals surface area contributed by atoms with Gasteiger partial charge in [0, 0.05) is 18.3 Å². The SMILES string of the molecule is CCCCCCCCNc1ccc([N+](=O)[O-])c(I)c1. The van der Waals surface area contributed by atoms with Crippen molar-refractivity contribution in [1.82, 2.24) is 0 Å². The van der Waals surface area contributed by atoms with Crippen molar-refractivity contribution in [3.8, 4) is 0 Å². The van der Waals surface area contributed by atoms with Crippen LogP contribution < -0.4 is 5.32 Å². The summed E-state index contributed by atoms with van der Waals surface area (Å²) in [6, 6.07) is 5.17. The molecule has 106 valence electrons. The molecule has 1 rings (SSSR count). The highest BCUT2D eigenvalue weighted by Crippen LogP contribution is 2.24. The Balaban J connectivity index is 2.26. The highest BCUT2D eigenvalue weighted by Gasteiger charge is 2.10. The summed E-state index contributed by atoms with van der Waals surface area (Å²) >= 11 is 2.00. The third kappa shape index (κ3) is 6.22. The number of nitro benzene ring substituents is 1. The third-order valence-electron chi connectivity index (χ3n) is 3.00. The van der Waals surface area contributed by atoms with E-state index in [9.17, 15) is 10.1 Å². The average molecular weight is 376 g/mol. The van der Waals surface area contributed by atoms with Crippen LogP contribution in [-0.2, 0) is 0 Å². The molecule has 0 aliphatic carbocycles. The minimum absolute atomic E-state index is 0.172. The molecule has 0 atom stereocenters. The van der Waals surface area contributed by atoms with Crippen LogP contribution in [0.25, 0.3) is 0 Å². The van der Waals surface area contributed by atoms with E-state index in [1.165, 1.54) is 32.1 Å². The average Bonchev–Trinajstić information content (AvgIpc) is 2.37. The molecule has 19 heavy (non-hydrogen) atoms. The van der Waals surface area contributed by atoms with Crippen molar-refractivity contribution in [1.29, 1.82) is 0 Å². The molecule has 5 heteroatoms. The standard InChI is InChI=1S/C14H21IN2O2/c1-2-3-4-5-6-7-10-16-12-8-9-14(17(18)19)13(15)11-12/h8-9,11,16H,2-7,10H2,1H3. The van der Waals surface area contributed by atoms with Crippen molar-refractivity contribution in [2.24, 2.45) is 0 Å². The summed E-state index contributed by atoms with van der Waals surface area (Å²) < 4.78 is 0.676. The highest BCUT2D eigenvalue weighted by molar-refractivity contribution is 14.1. The van der Waals surface area contributed by atoms with Crippen molar-refractivity contribution in [2.75, 3.05) is 11.9 Å². The topological polar surface area (TPSA) is 55.2 Å². The Morgan fingerprint density at radius 2 is 1.89 bits per heavy atom. The van der Waals surface area contributed by atoms with Gasteiger partial charge in [0.05, 0.1) is 8.49 Å². The number of halogens is 1. The molecule has 0 aromatic heterocycles. The summed E-state index contributed by atoms with van der Waals surface area (Å²) in [6.45, 7) is 3.15. The maximum atomic E-state index is 10.7. The Morgan fingerprint density at radius 1 is 1.21 bits per heavy atom. The number of nitrogens with zero attached hydrogens (tertiary/aromatic N) is 1. The Kier molecular flexibility index (Phi) is 7.78. The second-order valence-corrected chi connectivity index (χ2v) is 5.78. The fraction of sp³-hybridized carbons (Fsp3) is 0.571. The van der Waals surface area contributed by atoms with Crippen molar-refractivity contribution in [3.05, 3.63) is 31.9 Å². The summed E-state index contributed by atoms with van der Waals surface area (Å²) in [6.07, 6.45) is 7.63. The zero-order valence-corrected chi connectivity index (χ0v) is 13.5. The van der Waals surface area contributed by atoms with Gasteiger partial charge in [0.15, 0.2) is 0 Å². The summed E-state index contributed by atoms with van der Waals surface area (Å²) in [4.78, 5) is 10.4. The van der Waals surface area contributed by atoms with Crippen LogP contribution in [0.3, 0.4) is 0 Å². The molecule has 0 aliphatic heterocycles. The van der Waals surface area contributed by atoms with Gasteiger partial charge in [-0.1, -0.05) is 39.0 Å². The van der Waals surface area contributed by atoms with Gasteiger partial charge >= 0.3 is 0 Å². The first-order chi connectivity index (χ1) is 9.15. The van der Waals surface area contributed by atoms with E-state index < -0.39 is 0 Å². The third-order valence-corrected chi connectivity index (χ3v) is 3.87. The van der Waals surface area contributed by atoms with Gasteiger partial charge in [-0.2, -0.15) is 0 Å². The lowest BCUT2D eigenvalue weighted by Gasteiger charge is -2.07. The number of rotatable bonds is 9. The smallest absolute Gasteiger partial charge is 0.282 e. The van der Waals surface area contributed by atoms with Crippen LogP contribution in [0.5, 0.6) is 0 Å². The molecule has 0 saturated heterocycles. The molecule has 0 amide bonds. The molecular formula is C14H21IN2O2. The lowest BCUT2D eigenvalue weighted by Crippen LogP contribution is -2.02. The van der Waals surface area contributed by atoms with Crippen LogP contribution >= 0.6 is 22.6 Å². The number of nitro groups is 1. The first-order valence-corrected chi connectivity index (χ1v) is 7.91. The van der Waals surface area contributed by atoms with E-state index in [2.05, 4.69) is 12.2 Å². The molecule has 0 heterocycles. The molecule has 0 fully saturated rings. The van der Waals surface area contributed by atoms with Crippen LogP contribution in [0.1, 0.15) is 45.4 Å². The molecule has 1 aromatic carbocycles. The molecule has 4 nitrogen and oxygen atoms in total. The number of hydrogen-bond donors (Lipinski definition) is 1. The maximum absolute atomic E-state index is 10.7. The normalized spacial score (nSPS) is 10.4. The number of benzene rings is 1. The fourth-order valence-corrected chi connectivity index (χ4v) is 2.62. The first-order valence-electron chi connectivity index (χ1n) is 6.83. The van der Waals surface area contributed by atoms with Crippen molar-refractivity contribution in [2.45, 2.75) is 45.4 Å². The fourth-order valence-electron chi connectivity index (χ4n) is 1.90. The van der Waals surface area contributed by atoms with E-state index in [4.69, 9.17) is 0 Å². The van der Waals surface area contributed by atoms with Gasteiger partial charge in [0.1, 0.15) is 0 Å². The molecule has 0 bridgehead atoms. The monoisotopic (exact) mass is 376 g/mol. The molecular weight excluding hydrogens is 355 g/mol. The van der Waals surface area contributed by atoms with Gasteiger partial charge in [-0.15, -0.1) is 0 Å². The van der Waals surface area contributed by atoms with Gasteiger partial charge in [-0.05, 0) is 41.1 Å². The second kappa shape index (κ2) is 9.12. The summed E-state index contributed by atoms with van der Waals surface area (Å²) in [5, 5.41) is 14.0. The zero-order chi connectivity index (χ0) is 14.1. The number of hydrogen-bond acceptors (Lipinski definition) is 3. The van der Waals surface area contributed by atoms with Crippen LogP contribution in [-0.4, -0.2) is 11.5 Å². The molecule has 1 aromatic rings. The minimum atomic E-state index is -0.348. The molecule has 0 radical (unpaired) electrons. The van der Waals surface area contributed by atoms with Gasteiger partial charge in [0.2, 0.25) is 0 Å². The molecule has 0 saturated carbocycles. The van der Waals surface area contributed by atoms with Crippen molar-refractivity contribution >= 4 is 34.0 Å². The molecule has 0 aliphatic rings. The minimum Gasteiger partial charge on any atom is -0.385 e. The van der Waals surface area contributed by atoms with E-state index in [0.717, 1.165) is 18.7 Å². The van der Waals surface area contributed by atoms with E-state index in [1.807, 2.05) is 28.7 Å². The Morgan fingerprint density at radius 3 is 2.53 bits per heavy atom. The zero-order valence-electron chi connectivity index (χ0n) is 11.3. The number of unbranched alkanes of at least 4 members (excludes halogenated alkanes) is 5. The van der Waals surface area contributed by atoms with Crippen LogP contribution in [0.4, 0.5) is 11.4 Å². The van der Waals surface area contributed by atoms with E-state index in [0.29, 0.717) is 3.57 Å². The Labute approximate surface area is 128 Å². The Bertz CT molecular complexity index is 410. The van der Waals surface area contributed by atoms with E-state index in [1.54, 1.807) is 12.1 Å². The van der Waals surface area contributed by atoms with E-state index in [-0.39, 0.29) is 10.6 Å². The van der Waals surface area contributed by atoms with Crippen LogP contribution in [0, 0.1) is 13.7 Å². The summed E-state index contributed by atoms with van der Waals surface area (Å²) in [7, 11) is 0. The van der Waals surface area contributed by atoms with Crippen molar-refractivity contribution in [3.63, 3.8) is 0 Å². The second-order valence-electron chi connectivity index (χ2n) is 4.62. The van der Waals surface area contributed by atoms with Crippen molar-refractivity contribution < 1.29 is 4.92 Å². The summed E-state index contributed by atoms with van der Waals surface area (Å²) in [5.74, 6) is 0. The van der Waals surface area contributed by atoms with E-state index >= 15 is 0 Å². The number of anilines is 1. The van der Waals surface area contributed by atoms with Gasteiger partial charge in [-0.25, -0.2) is 0 Å². The highest BCUT2D eigenvalue weighted by atomic mass is 127.